The SMILES string of the molecule is COc1ccc(OC)c(-c2ccc(/C(C)=C\CO)cc2)c1. The first-order valence-corrected chi connectivity index (χ1v) is 6.80. The second-order valence-electron chi connectivity index (χ2n) is 4.71. The van der Waals surface area contributed by atoms with Crippen molar-refractivity contribution in [2.24, 2.45) is 0 Å². The summed E-state index contributed by atoms with van der Waals surface area (Å²) in [5.74, 6) is 1.61. The minimum Gasteiger partial charge on any atom is -0.497 e. The van der Waals surface area contributed by atoms with Crippen LogP contribution in [0.2, 0.25) is 0 Å². The Morgan fingerprint density at radius 1 is 1.05 bits per heavy atom. The second-order valence-corrected chi connectivity index (χ2v) is 4.71. The molecule has 0 saturated heterocycles. The standard InChI is InChI=1S/C18H20O3/c1-13(10-11-19)14-4-6-15(7-5-14)17-12-16(20-2)8-9-18(17)21-3/h4-10,12,19H,11H2,1-3H3/b13-10-. The maximum Gasteiger partial charge on any atom is 0.126 e. The van der Waals surface area contributed by atoms with Gasteiger partial charge in [0, 0.05) is 5.56 Å². The summed E-state index contributed by atoms with van der Waals surface area (Å²) in [5, 5.41) is 8.95. The highest BCUT2D eigenvalue weighted by Crippen LogP contribution is 2.33. The molecule has 0 atom stereocenters. The summed E-state index contributed by atoms with van der Waals surface area (Å²) in [6.45, 7) is 2.04. The van der Waals surface area contributed by atoms with Crippen molar-refractivity contribution < 1.29 is 14.6 Å². The van der Waals surface area contributed by atoms with Gasteiger partial charge < -0.3 is 14.6 Å². The van der Waals surface area contributed by atoms with Gasteiger partial charge in [-0.1, -0.05) is 30.3 Å². The van der Waals surface area contributed by atoms with E-state index in [-0.39, 0.29) is 6.61 Å². The Morgan fingerprint density at radius 3 is 2.33 bits per heavy atom. The molecule has 3 nitrogen and oxygen atoms in total. The fraction of sp³-hybridized carbons (Fsp3) is 0.222. The highest BCUT2D eigenvalue weighted by Gasteiger charge is 2.08. The third-order valence-corrected chi connectivity index (χ3v) is 3.46. The Bertz CT molecular complexity index is 627. The molecule has 1 N–H and O–H groups in total. The fourth-order valence-corrected chi connectivity index (χ4v) is 2.21. The number of aliphatic hydroxyl groups is 1. The summed E-state index contributed by atoms with van der Waals surface area (Å²) in [6.07, 6.45) is 1.79. The van der Waals surface area contributed by atoms with E-state index in [9.17, 15) is 0 Å². The van der Waals surface area contributed by atoms with Gasteiger partial charge in [0.1, 0.15) is 11.5 Å². The molecule has 0 heterocycles. The molecule has 2 aromatic carbocycles. The Balaban J connectivity index is 2.40. The van der Waals surface area contributed by atoms with Crippen molar-refractivity contribution in [2.45, 2.75) is 6.92 Å². The van der Waals surface area contributed by atoms with Crippen LogP contribution in [0.15, 0.2) is 48.5 Å². The molecule has 0 radical (unpaired) electrons. The number of hydrogen-bond acceptors (Lipinski definition) is 3. The van der Waals surface area contributed by atoms with E-state index in [2.05, 4.69) is 0 Å². The van der Waals surface area contributed by atoms with Gasteiger partial charge in [-0.25, -0.2) is 0 Å². The molecule has 21 heavy (non-hydrogen) atoms. The number of allylic oxidation sites excluding steroid dienone is 1. The van der Waals surface area contributed by atoms with Crippen LogP contribution in [0.3, 0.4) is 0 Å². The van der Waals surface area contributed by atoms with Gasteiger partial charge >= 0.3 is 0 Å². The Hall–Kier alpha value is -2.26. The lowest BCUT2D eigenvalue weighted by Gasteiger charge is -2.11. The van der Waals surface area contributed by atoms with Crippen molar-refractivity contribution in [3.8, 4) is 22.6 Å². The van der Waals surface area contributed by atoms with Crippen molar-refractivity contribution in [3.05, 3.63) is 54.1 Å². The Morgan fingerprint density at radius 2 is 1.76 bits per heavy atom. The molecule has 2 rings (SSSR count). The average Bonchev–Trinajstić information content (AvgIpc) is 2.54. The van der Waals surface area contributed by atoms with E-state index < -0.39 is 0 Å². The van der Waals surface area contributed by atoms with Gasteiger partial charge in [-0.3, -0.25) is 0 Å². The molecule has 0 aromatic heterocycles. The Labute approximate surface area is 125 Å². The number of methoxy groups -OCH3 is 2. The van der Waals surface area contributed by atoms with Gasteiger partial charge in [-0.15, -0.1) is 0 Å². The van der Waals surface area contributed by atoms with Crippen LogP contribution in [0.5, 0.6) is 11.5 Å². The number of benzene rings is 2. The zero-order valence-corrected chi connectivity index (χ0v) is 12.6. The van der Waals surface area contributed by atoms with Crippen LogP contribution in [0, 0.1) is 0 Å². The summed E-state index contributed by atoms with van der Waals surface area (Å²) < 4.78 is 10.7. The van der Waals surface area contributed by atoms with Gasteiger partial charge in [0.25, 0.3) is 0 Å². The molecule has 110 valence electrons. The molecule has 2 aromatic rings. The van der Waals surface area contributed by atoms with E-state index >= 15 is 0 Å². The first kappa shape index (κ1) is 15.1. The quantitative estimate of drug-likeness (QED) is 0.908. The first-order valence-electron chi connectivity index (χ1n) is 6.80. The van der Waals surface area contributed by atoms with Crippen LogP contribution >= 0.6 is 0 Å². The topological polar surface area (TPSA) is 38.7 Å². The van der Waals surface area contributed by atoms with E-state index in [0.717, 1.165) is 33.8 Å². The smallest absolute Gasteiger partial charge is 0.126 e. The summed E-state index contributed by atoms with van der Waals surface area (Å²) in [5.41, 5.74) is 4.20. The number of rotatable bonds is 5. The summed E-state index contributed by atoms with van der Waals surface area (Å²) in [4.78, 5) is 0. The lowest BCUT2D eigenvalue weighted by molar-refractivity contribution is 0.343. The van der Waals surface area contributed by atoms with Crippen LogP contribution in [-0.2, 0) is 0 Å². The van der Waals surface area contributed by atoms with Gasteiger partial charge in [0.15, 0.2) is 0 Å². The monoisotopic (exact) mass is 284 g/mol. The van der Waals surface area contributed by atoms with Crippen molar-refractivity contribution >= 4 is 5.57 Å². The number of aliphatic hydroxyl groups excluding tert-OH is 1. The largest absolute Gasteiger partial charge is 0.497 e. The predicted octanol–water partition coefficient (Wildman–Crippen LogP) is 3.77. The van der Waals surface area contributed by atoms with Gasteiger partial charge in [-0.2, -0.15) is 0 Å². The molecule has 3 heteroatoms. The summed E-state index contributed by atoms with van der Waals surface area (Å²) in [7, 11) is 3.31. The lowest BCUT2D eigenvalue weighted by Crippen LogP contribution is -1.91. The predicted molar refractivity (Wildman–Crippen MR) is 85.7 cm³/mol. The van der Waals surface area contributed by atoms with E-state index in [1.807, 2.05) is 49.4 Å². The molecule has 0 amide bonds. The molecule has 0 unspecified atom stereocenters. The van der Waals surface area contributed by atoms with Crippen molar-refractivity contribution in [3.63, 3.8) is 0 Å². The van der Waals surface area contributed by atoms with Crippen LogP contribution in [0.25, 0.3) is 16.7 Å². The molecular weight excluding hydrogens is 264 g/mol. The molecule has 0 aliphatic heterocycles. The van der Waals surface area contributed by atoms with E-state index in [1.165, 1.54) is 0 Å². The normalized spacial score (nSPS) is 11.3. The summed E-state index contributed by atoms with van der Waals surface area (Å²) in [6, 6.07) is 13.9. The first-order chi connectivity index (χ1) is 10.2. The minimum absolute atomic E-state index is 0.0529. The van der Waals surface area contributed by atoms with Crippen molar-refractivity contribution in [1.29, 1.82) is 0 Å². The maximum absolute atomic E-state index is 8.95. The van der Waals surface area contributed by atoms with Crippen molar-refractivity contribution in [1.82, 2.24) is 0 Å². The third-order valence-electron chi connectivity index (χ3n) is 3.46. The maximum atomic E-state index is 8.95. The zero-order valence-electron chi connectivity index (χ0n) is 12.6. The zero-order chi connectivity index (χ0) is 15.2. The molecular formula is C18H20O3. The average molecular weight is 284 g/mol. The lowest BCUT2D eigenvalue weighted by atomic mass is 10.00. The second kappa shape index (κ2) is 6.95. The van der Waals surface area contributed by atoms with Gasteiger partial charge in [0.2, 0.25) is 0 Å². The van der Waals surface area contributed by atoms with Gasteiger partial charge in [-0.05, 0) is 41.8 Å². The van der Waals surface area contributed by atoms with Crippen molar-refractivity contribution in [2.75, 3.05) is 20.8 Å². The molecule has 0 saturated carbocycles. The van der Waals surface area contributed by atoms with E-state index in [4.69, 9.17) is 14.6 Å². The van der Waals surface area contributed by atoms with Crippen LogP contribution in [-0.4, -0.2) is 25.9 Å². The molecule has 0 bridgehead atoms. The van der Waals surface area contributed by atoms with Crippen LogP contribution in [0.1, 0.15) is 12.5 Å². The Kier molecular flexibility index (Phi) is 5.01. The third kappa shape index (κ3) is 3.44. The molecule has 0 spiro atoms. The molecule has 0 aliphatic carbocycles. The fourth-order valence-electron chi connectivity index (χ4n) is 2.21. The minimum atomic E-state index is 0.0529. The molecule has 0 aliphatic rings. The number of ether oxygens (including phenoxy) is 2. The van der Waals surface area contributed by atoms with E-state index in [0.29, 0.717) is 0 Å². The summed E-state index contributed by atoms with van der Waals surface area (Å²) >= 11 is 0. The molecule has 0 fully saturated rings. The van der Waals surface area contributed by atoms with Crippen LogP contribution in [0.4, 0.5) is 0 Å². The van der Waals surface area contributed by atoms with Gasteiger partial charge in [0.05, 0.1) is 20.8 Å². The highest BCUT2D eigenvalue weighted by atomic mass is 16.5. The van der Waals surface area contributed by atoms with Crippen LogP contribution < -0.4 is 9.47 Å². The number of hydrogen-bond donors (Lipinski definition) is 1. The van der Waals surface area contributed by atoms with E-state index in [1.54, 1.807) is 20.3 Å². The highest BCUT2D eigenvalue weighted by molar-refractivity contribution is 5.74.